The number of aryl methyl sites for hydroxylation is 1. The third-order valence-electron chi connectivity index (χ3n) is 6.57. The molecule has 1 fully saturated rings. The van der Waals surface area contributed by atoms with Crippen LogP contribution in [0, 0.1) is 18.8 Å². The molecule has 0 radical (unpaired) electrons. The first-order valence-electron chi connectivity index (χ1n) is 10.1. The predicted molar refractivity (Wildman–Crippen MR) is 113 cm³/mol. The maximum Gasteiger partial charge on any atom is 0.296 e. The van der Waals surface area contributed by atoms with Crippen molar-refractivity contribution in [2.45, 2.75) is 82.3 Å². The molecule has 27 heavy (non-hydrogen) atoms. The molecule has 0 aliphatic heterocycles. The van der Waals surface area contributed by atoms with Gasteiger partial charge in [-0.3, -0.25) is 4.18 Å². The summed E-state index contributed by atoms with van der Waals surface area (Å²) in [6, 6.07) is 6.80. The SMILES string of the molecule is Cc1ccc(S(=O)(=O)OCC2CCC(CCC(C)(C)[Si](C)(C)O)CC2)cc1. The highest BCUT2D eigenvalue weighted by atomic mass is 32.2. The summed E-state index contributed by atoms with van der Waals surface area (Å²) < 4.78 is 30.0. The van der Waals surface area contributed by atoms with E-state index >= 15 is 0 Å². The van der Waals surface area contributed by atoms with Crippen LogP contribution in [0.1, 0.15) is 57.9 Å². The van der Waals surface area contributed by atoms with Crippen LogP contribution in [-0.4, -0.2) is 28.1 Å². The predicted octanol–water partition coefficient (Wildman–Crippen LogP) is 5.26. The maximum atomic E-state index is 12.3. The fraction of sp³-hybridized carbons (Fsp3) is 0.714. The molecule has 154 valence electrons. The minimum atomic E-state index is -3.66. The Labute approximate surface area is 166 Å². The van der Waals surface area contributed by atoms with E-state index in [1.807, 2.05) is 20.0 Å². The third-order valence-corrected chi connectivity index (χ3v) is 11.4. The van der Waals surface area contributed by atoms with Gasteiger partial charge in [0.05, 0.1) is 11.5 Å². The Morgan fingerprint density at radius 2 is 1.59 bits per heavy atom. The number of rotatable bonds is 8. The van der Waals surface area contributed by atoms with Gasteiger partial charge in [-0.1, -0.05) is 50.8 Å². The van der Waals surface area contributed by atoms with Gasteiger partial charge in [0.15, 0.2) is 8.32 Å². The van der Waals surface area contributed by atoms with Gasteiger partial charge < -0.3 is 4.80 Å². The summed E-state index contributed by atoms with van der Waals surface area (Å²) in [4.78, 5) is 10.7. The monoisotopic (exact) mass is 412 g/mol. The van der Waals surface area contributed by atoms with Crippen LogP contribution in [0.2, 0.25) is 18.1 Å². The first-order valence-corrected chi connectivity index (χ1v) is 14.4. The smallest absolute Gasteiger partial charge is 0.296 e. The average molecular weight is 413 g/mol. The van der Waals surface area contributed by atoms with Gasteiger partial charge in [-0.05, 0) is 68.3 Å². The standard InChI is InChI=1S/C21H36O4SSi/c1-17-6-12-20(13-7-17)26(22,23)25-16-19-10-8-18(9-11-19)14-15-21(2,3)27(4,5)24/h6-7,12-13,18-19,24H,8-11,14-16H2,1-5H3. The Hall–Kier alpha value is -0.693. The van der Waals surface area contributed by atoms with Gasteiger partial charge in [0.1, 0.15) is 0 Å². The van der Waals surface area contributed by atoms with E-state index in [4.69, 9.17) is 4.18 Å². The van der Waals surface area contributed by atoms with Crippen LogP contribution in [0.4, 0.5) is 0 Å². The molecule has 0 saturated heterocycles. The number of hydrogen-bond acceptors (Lipinski definition) is 4. The molecule has 4 nitrogen and oxygen atoms in total. The number of benzene rings is 1. The molecule has 1 aliphatic rings. The molecule has 6 heteroatoms. The topological polar surface area (TPSA) is 63.6 Å². The lowest BCUT2D eigenvalue weighted by Gasteiger charge is -2.37. The quantitative estimate of drug-likeness (QED) is 0.467. The molecule has 1 aliphatic carbocycles. The van der Waals surface area contributed by atoms with Crippen molar-refractivity contribution < 1.29 is 17.4 Å². The van der Waals surface area contributed by atoms with Gasteiger partial charge in [0, 0.05) is 0 Å². The van der Waals surface area contributed by atoms with Gasteiger partial charge in [-0.2, -0.15) is 8.42 Å². The highest BCUT2D eigenvalue weighted by Crippen LogP contribution is 2.43. The van der Waals surface area contributed by atoms with E-state index in [0.29, 0.717) is 11.8 Å². The normalized spacial score (nSPS) is 22.0. The second kappa shape index (κ2) is 8.76. The minimum absolute atomic E-state index is 0.0368. The Morgan fingerprint density at radius 1 is 1.07 bits per heavy atom. The molecule has 1 N–H and O–H groups in total. The summed E-state index contributed by atoms with van der Waals surface area (Å²) in [5.74, 6) is 1.00. The van der Waals surface area contributed by atoms with Gasteiger partial charge in [-0.25, -0.2) is 0 Å². The molecule has 0 heterocycles. The molecule has 0 spiro atoms. The van der Waals surface area contributed by atoms with Crippen LogP contribution in [0.5, 0.6) is 0 Å². The van der Waals surface area contributed by atoms with Gasteiger partial charge >= 0.3 is 0 Å². The van der Waals surface area contributed by atoms with Crippen molar-refractivity contribution in [2.75, 3.05) is 6.61 Å². The molecule has 1 saturated carbocycles. The highest BCUT2D eigenvalue weighted by molar-refractivity contribution is 7.86. The first-order chi connectivity index (χ1) is 12.4. The van der Waals surface area contributed by atoms with Crippen LogP contribution in [-0.2, 0) is 14.3 Å². The Kier molecular flexibility index (Phi) is 7.33. The van der Waals surface area contributed by atoms with Gasteiger partial charge in [0.25, 0.3) is 10.1 Å². The second-order valence-electron chi connectivity index (χ2n) is 9.42. The zero-order chi connectivity index (χ0) is 20.3. The van der Waals surface area contributed by atoms with Crippen LogP contribution < -0.4 is 0 Å². The lowest BCUT2D eigenvalue weighted by atomic mass is 9.79. The molecule has 1 aromatic rings. The van der Waals surface area contributed by atoms with Crippen molar-refractivity contribution in [3.8, 4) is 0 Å². The molecule has 0 amide bonds. The summed E-state index contributed by atoms with van der Waals surface area (Å²) in [5.41, 5.74) is 1.03. The summed E-state index contributed by atoms with van der Waals surface area (Å²) in [6.07, 6.45) is 6.52. The van der Waals surface area contributed by atoms with E-state index in [1.165, 1.54) is 0 Å². The molecule has 2 rings (SSSR count). The van der Waals surface area contributed by atoms with Crippen LogP contribution >= 0.6 is 0 Å². The van der Waals surface area contributed by atoms with E-state index in [9.17, 15) is 13.2 Å². The van der Waals surface area contributed by atoms with E-state index in [2.05, 4.69) is 13.8 Å². The van der Waals surface area contributed by atoms with Crippen LogP contribution in [0.25, 0.3) is 0 Å². The molecular formula is C21H36O4SSi. The largest absolute Gasteiger partial charge is 0.432 e. The minimum Gasteiger partial charge on any atom is -0.432 e. The van der Waals surface area contributed by atoms with Crippen LogP contribution in [0.15, 0.2) is 29.2 Å². The molecule has 1 aromatic carbocycles. The van der Waals surface area contributed by atoms with Crippen molar-refractivity contribution in [1.82, 2.24) is 0 Å². The van der Waals surface area contributed by atoms with Gasteiger partial charge in [-0.15, -0.1) is 0 Å². The molecule has 0 atom stereocenters. The lowest BCUT2D eigenvalue weighted by Crippen LogP contribution is -2.39. The zero-order valence-corrected chi connectivity index (χ0v) is 19.3. The van der Waals surface area contributed by atoms with Crippen molar-refractivity contribution in [2.24, 2.45) is 11.8 Å². The highest BCUT2D eigenvalue weighted by Gasteiger charge is 2.38. The van der Waals surface area contributed by atoms with Crippen molar-refractivity contribution in [3.63, 3.8) is 0 Å². The van der Waals surface area contributed by atoms with Crippen molar-refractivity contribution in [1.29, 1.82) is 0 Å². The van der Waals surface area contributed by atoms with Crippen molar-refractivity contribution >= 4 is 18.4 Å². The number of hydrogen-bond donors (Lipinski definition) is 1. The zero-order valence-electron chi connectivity index (χ0n) is 17.5. The first kappa shape index (κ1) is 22.6. The van der Waals surface area contributed by atoms with E-state index in [1.54, 1.807) is 24.3 Å². The molecule has 0 bridgehead atoms. The lowest BCUT2D eigenvalue weighted by molar-refractivity contribution is 0.179. The second-order valence-corrected chi connectivity index (χ2v) is 15.5. The Morgan fingerprint density at radius 3 is 2.11 bits per heavy atom. The van der Waals surface area contributed by atoms with Crippen LogP contribution in [0.3, 0.4) is 0 Å². The van der Waals surface area contributed by atoms with Crippen molar-refractivity contribution in [3.05, 3.63) is 29.8 Å². The fourth-order valence-electron chi connectivity index (χ4n) is 3.52. The average Bonchev–Trinajstić information content (AvgIpc) is 2.58. The Bertz CT molecular complexity index is 697. The summed E-state index contributed by atoms with van der Waals surface area (Å²) >= 11 is 0. The molecule has 0 aromatic heterocycles. The third kappa shape index (κ3) is 6.41. The maximum absolute atomic E-state index is 12.3. The van der Waals surface area contributed by atoms with E-state index in [-0.39, 0.29) is 16.5 Å². The van der Waals surface area contributed by atoms with E-state index in [0.717, 1.165) is 44.1 Å². The Balaban J connectivity index is 1.77. The fourth-order valence-corrected chi connectivity index (χ4v) is 5.25. The van der Waals surface area contributed by atoms with E-state index < -0.39 is 18.4 Å². The molecule has 0 unspecified atom stereocenters. The summed E-state index contributed by atoms with van der Waals surface area (Å²) in [5, 5.41) is 0.0368. The van der Waals surface area contributed by atoms with Gasteiger partial charge in [0.2, 0.25) is 0 Å². The molecular weight excluding hydrogens is 376 g/mol. The summed E-state index contributed by atoms with van der Waals surface area (Å²) in [6.45, 7) is 10.6. The summed E-state index contributed by atoms with van der Waals surface area (Å²) in [7, 11) is -5.80.